The fraction of sp³-hybridized carbons (Fsp3) is 0.250. The number of hydrogen-bond acceptors (Lipinski definition) is 2. The first-order valence-corrected chi connectivity index (χ1v) is 7.10. The first-order valence-electron chi connectivity index (χ1n) is 7.10. The van der Waals surface area contributed by atoms with Gasteiger partial charge in [0.25, 0.3) is 5.91 Å². The number of nitrogens with one attached hydrogen (secondary N) is 1. The van der Waals surface area contributed by atoms with Crippen molar-refractivity contribution in [2.45, 2.75) is 0 Å². The largest absolute Gasteiger partial charge is 0.368 e. The van der Waals surface area contributed by atoms with Crippen LogP contribution in [-0.4, -0.2) is 37.0 Å². The van der Waals surface area contributed by atoms with Crippen molar-refractivity contribution in [2.24, 2.45) is 0 Å². The number of pyridine rings is 1. The molecule has 114 valence electrons. The molecule has 2 aromatic rings. The molecule has 0 saturated carbocycles. The Hall–Kier alpha value is -2.50. The average Bonchev–Trinajstić information content (AvgIpc) is 2.58. The molecule has 0 aliphatic carbocycles. The standard InChI is InChI=1S/C16H15F2N3O/c17-14-2-1-12(11-15(14)18)16(22)21-9-7-20(8-10-21)13-3-5-19-6-4-13/h1-6,11H,7-10H2/p+1. The van der Waals surface area contributed by atoms with E-state index in [9.17, 15) is 13.6 Å². The third-order valence-electron chi connectivity index (χ3n) is 3.80. The van der Waals surface area contributed by atoms with Gasteiger partial charge >= 0.3 is 0 Å². The van der Waals surface area contributed by atoms with Gasteiger partial charge in [0.05, 0.1) is 0 Å². The van der Waals surface area contributed by atoms with Crippen molar-refractivity contribution in [3.63, 3.8) is 0 Å². The Morgan fingerprint density at radius 2 is 1.64 bits per heavy atom. The summed E-state index contributed by atoms with van der Waals surface area (Å²) in [4.78, 5) is 19.1. The van der Waals surface area contributed by atoms with E-state index in [1.807, 2.05) is 24.5 Å². The van der Waals surface area contributed by atoms with Crippen LogP contribution in [0.3, 0.4) is 0 Å². The minimum atomic E-state index is -0.995. The number of amides is 1. The number of anilines is 1. The van der Waals surface area contributed by atoms with Crippen LogP contribution in [0.15, 0.2) is 42.7 Å². The summed E-state index contributed by atoms with van der Waals surface area (Å²) in [7, 11) is 0. The summed E-state index contributed by atoms with van der Waals surface area (Å²) in [6, 6.07) is 7.22. The van der Waals surface area contributed by atoms with Crippen molar-refractivity contribution in [1.82, 2.24) is 4.90 Å². The van der Waals surface area contributed by atoms with Crippen LogP contribution in [0.2, 0.25) is 0 Å². The molecule has 1 N–H and O–H groups in total. The van der Waals surface area contributed by atoms with E-state index in [0.29, 0.717) is 26.2 Å². The molecule has 1 fully saturated rings. The van der Waals surface area contributed by atoms with E-state index in [1.165, 1.54) is 6.07 Å². The molecule has 4 nitrogen and oxygen atoms in total. The van der Waals surface area contributed by atoms with Gasteiger partial charge in [-0.05, 0) is 18.2 Å². The highest BCUT2D eigenvalue weighted by atomic mass is 19.2. The number of carbonyl (C=O) groups excluding carboxylic acids is 1. The average molecular weight is 304 g/mol. The van der Waals surface area contributed by atoms with Crippen LogP contribution < -0.4 is 9.88 Å². The number of carbonyl (C=O) groups is 1. The Kier molecular flexibility index (Phi) is 4.00. The summed E-state index contributed by atoms with van der Waals surface area (Å²) >= 11 is 0. The number of aromatic amines is 1. The van der Waals surface area contributed by atoms with Gasteiger partial charge in [0.1, 0.15) is 0 Å². The third-order valence-corrected chi connectivity index (χ3v) is 3.80. The molecule has 0 atom stereocenters. The minimum absolute atomic E-state index is 0.182. The molecular formula is C16H16F2N3O+. The lowest BCUT2D eigenvalue weighted by atomic mass is 10.1. The Labute approximate surface area is 127 Å². The molecule has 3 rings (SSSR count). The second-order valence-corrected chi connectivity index (χ2v) is 5.17. The summed E-state index contributed by atoms with van der Waals surface area (Å²) in [5, 5.41) is 0. The molecule has 6 heteroatoms. The second kappa shape index (κ2) is 6.09. The summed E-state index contributed by atoms with van der Waals surface area (Å²) in [6.07, 6.45) is 3.71. The SMILES string of the molecule is O=C(c1ccc(F)c(F)c1)N1CCN(c2cc[nH+]cc2)CC1. The topological polar surface area (TPSA) is 37.7 Å². The predicted molar refractivity (Wildman–Crippen MR) is 77.5 cm³/mol. The second-order valence-electron chi connectivity index (χ2n) is 5.17. The van der Waals surface area contributed by atoms with E-state index in [4.69, 9.17) is 0 Å². The smallest absolute Gasteiger partial charge is 0.254 e. The van der Waals surface area contributed by atoms with E-state index < -0.39 is 11.6 Å². The Bertz CT molecular complexity index is 670. The van der Waals surface area contributed by atoms with Crippen molar-refractivity contribution in [2.75, 3.05) is 31.1 Å². The first-order chi connectivity index (χ1) is 10.6. The van der Waals surface area contributed by atoms with Crippen molar-refractivity contribution in [3.8, 4) is 0 Å². The van der Waals surface area contributed by atoms with Crippen molar-refractivity contribution >= 4 is 11.6 Å². The molecule has 0 unspecified atom stereocenters. The number of halogens is 2. The lowest BCUT2D eigenvalue weighted by molar-refractivity contribution is -0.377. The quantitative estimate of drug-likeness (QED) is 0.847. The molecule has 1 amide bonds. The molecule has 22 heavy (non-hydrogen) atoms. The van der Waals surface area contributed by atoms with Crippen LogP contribution in [0, 0.1) is 11.6 Å². The Morgan fingerprint density at radius 1 is 0.955 bits per heavy atom. The van der Waals surface area contributed by atoms with Crippen LogP contribution in [0.25, 0.3) is 0 Å². The van der Waals surface area contributed by atoms with Gasteiger partial charge in [0.2, 0.25) is 0 Å². The van der Waals surface area contributed by atoms with Crippen LogP contribution in [0.4, 0.5) is 14.5 Å². The number of benzene rings is 1. The molecule has 0 radical (unpaired) electrons. The minimum Gasteiger partial charge on any atom is -0.368 e. The molecule has 1 aliphatic rings. The fourth-order valence-corrected chi connectivity index (χ4v) is 2.57. The van der Waals surface area contributed by atoms with E-state index in [2.05, 4.69) is 9.88 Å². The van der Waals surface area contributed by atoms with Gasteiger partial charge in [-0.1, -0.05) is 0 Å². The lowest BCUT2D eigenvalue weighted by Crippen LogP contribution is -2.48. The normalized spacial score (nSPS) is 15.0. The first kappa shape index (κ1) is 14.4. The maximum Gasteiger partial charge on any atom is 0.254 e. The van der Waals surface area contributed by atoms with Gasteiger partial charge < -0.3 is 9.80 Å². The third kappa shape index (κ3) is 2.90. The number of hydrogen-bond donors (Lipinski definition) is 0. The molecule has 1 aromatic carbocycles. The highest BCUT2D eigenvalue weighted by Gasteiger charge is 2.23. The highest BCUT2D eigenvalue weighted by Crippen LogP contribution is 2.16. The maximum atomic E-state index is 13.2. The number of piperazine rings is 1. The molecule has 0 bridgehead atoms. The molecule has 0 spiro atoms. The molecule has 1 aliphatic heterocycles. The van der Waals surface area contributed by atoms with Crippen LogP contribution in [-0.2, 0) is 0 Å². The van der Waals surface area contributed by atoms with Gasteiger partial charge in [-0.15, -0.1) is 0 Å². The zero-order valence-electron chi connectivity index (χ0n) is 11.9. The van der Waals surface area contributed by atoms with E-state index >= 15 is 0 Å². The highest BCUT2D eigenvalue weighted by molar-refractivity contribution is 5.94. The number of nitrogens with zero attached hydrogens (tertiary/aromatic N) is 2. The number of aromatic nitrogens is 1. The molecular weight excluding hydrogens is 288 g/mol. The van der Waals surface area contributed by atoms with Gasteiger partial charge in [0.15, 0.2) is 24.0 Å². The molecule has 1 saturated heterocycles. The zero-order valence-corrected chi connectivity index (χ0v) is 11.9. The predicted octanol–water partition coefficient (Wildman–Crippen LogP) is 1.74. The molecule has 1 aromatic heterocycles. The summed E-state index contributed by atoms with van der Waals surface area (Å²) in [5.41, 5.74) is 1.28. The van der Waals surface area contributed by atoms with Gasteiger partial charge in [0, 0.05) is 49.6 Å². The zero-order chi connectivity index (χ0) is 15.5. The van der Waals surface area contributed by atoms with Gasteiger partial charge in [-0.2, -0.15) is 0 Å². The maximum absolute atomic E-state index is 13.2. The number of rotatable bonds is 2. The van der Waals surface area contributed by atoms with Crippen LogP contribution >= 0.6 is 0 Å². The van der Waals surface area contributed by atoms with Crippen molar-refractivity contribution in [3.05, 3.63) is 59.9 Å². The van der Waals surface area contributed by atoms with E-state index in [1.54, 1.807) is 4.90 Å². The Balaban J connectivity index is 1.66. The monoisotopic (exact) mass is 304 g/mol. The van der Waals surface area contributed by atoms with Crippen molar-refractivity contribution < 1.29 is 18.6 Å². The van der Waals surface area contributed by atoms with E-state index in [0.717, 1.165) is 17.8 Å². The van der Waals surface area contributed by atoms with Crippen LogP contribution in [0.1, 0.15) is 10.4 Å². The summed E-state index contributed by atoms with van der Waals surface area (Å²) < 4.78 is 26.2. The Morgan fingerprint density at radius 3 is 2.27 bits per heavy atom. The summed E-state index contributed by atoms with van der Waals surface area (Å²) in [6.45, 7) is 2.52. The number of H-pyrrole nitrogens is 1. The summed E-state index contributed by atoms with van der Waals surface area (Å²) in [5.74, 6) is -2.20. The molecule has 2 heterocycles. The van der Waals surface area contributed by atoms with Crippen LogP contribution in [0.5, 0.6) is 0 Å². The lowest BCUT2D eigenvalue weighted by Gasteiger charge is -2.35. The van der Waals surface area contributed by atoms with Crippen molar-refractivity contribution in [1.29, 1.82) is 0 Å². The van der Waals surface area contributed by atoms with E-state index in [-0.39, 0.29) is 11.5 Å². The van der Waals surface area contributed by atoms with Gasteiger partial charge in [-0.25, -0.2) is 13.8 Å². The fourth-order valence-electron chi connectivity index (χ4n) is 2.57. The van der Waals surface area contributed by atoms with Gasteiger partial charge in [-0.3, -0.25) is 4.79 Å².